The van der Waals surface area contributed by atoms with Crippen LogP contribution in [-0.4, -0.2) is 23.8 Å². The molecule has 0 aliphatic rings. The van der Waals surface area contributed by atoms with Crippen LogP contribution in [0.2, 0.25) is 0 Å². The van der Waals surface area contributed by atoms with Gasteiger partial charge in [0, 0.05) is 12.3 Å². The Morgan fingerprint density at radius 1 is 1.78 bits per heavy atom. The molecule has 0 aliphatic carbocycles. The van der Waals surface area contributed by atoms with E-state index in [1.807, 2.05) is 0 Å². The summed E-state index contributed by atoms with van der Waals surface area (Å²) in [4.78, 5) is 8.92. The smallest absolute Gasteiger partial charge is 0.200 e. The molecular weight excluding hydrogens is 137 g/mol. The van der Waals surface area contributed by atoms with Crippen molar-refractivity contribution in [3.8, 4) is 0 Å². The molecule has 56 valence electrons. The van der Waals surface area contributed by atoms with Crippen LogP contribution in [0.4, 0.5) is 0 Å². The highest BCUT2D eigenvalue weighted by atomic mass is 31.2. The Hall–Kier alpha value is 0.150. The molecule has 0 bridgehead atoms. The van der Waals surface area contributed by atoms with Gasteiger partial charge in [-0.2, -0.15) is 0 Å². The Morgan fingerprint density at radius 3 is 2.33 bits per heavy atom. The van der Waals surface area contributed by atoms with Gasteiger partial charge in [0.25, 0.3) is 0 Å². The molecule has 0 amide bonds. The zero-order valence-corrected chi connectivity index (χ0v) is 6.77. The SMILES string of the molecule is C[C@@H](CCN)P(C)(=O)O. The summed E-state index contributed by atoms with van der Waals surface area (Å²) >= 11 is 0. The van der Waals surface area contributed by atoms with Crippen molar-refractivity contribution in [1.82, 2.24) is 0 Å². The van der Waals surface area contributed by atoms with E-state index < -0.39 is 7.37 Å². The van der Waals surface area contributed by atoms with Crippen LogP contribution in [0.15, 0.2) is 0 Å². The van der Waals surface area contributed by atoms with Crippen LogP contribution in [0.3, 0.4) is 0 Å². The van der Waals surface area contributed by atoms with Crippen molar-refractivity contribution in [2.24, 2.45) is 5.73 Å². The Balaban J connectivity index is 3.74. The second-order valence-corrected chi connectivity index (χ2v) is 5.14. The van der Waals surface area contributed by atoms with Gasteiger partial charge in [-0.1, -0.05) is 6.92 Å². The molecule has 0 fully saturated rings. The van der Waals surface area contributed by atoms with Gasteiger partial charge in [0.1, 0.15) is 0 Å². The number of rotatable bonds is 3. The lowest BCUT2D eigenvalue weighted by Gasteiger charge is -2.12. The molecular formula is C5H14NO2P. The first-order valence-electron chi connectivity index (χ1n) is 2.98. The largest absolute Gasteiger partial charge is 0.344 e. The highest BCUT2D eigenvalue weighted by molar-refractivity contribution is 7.57. The first-order chi connectivity index (χ1) is 3.98. The Kier molecular flexibility index (Phi) is 3.41. The zero-order chi connectivity index (χ0) is 7.49. The molecule has 2 atom stereocenters. The zero-order valence-electron chi connectivity index (χ0n) is 5.87. The summed E-state index contributed by atoms with van der Waals surface area (Å²) in [6.45, 7) is 3.60. The van der Waals surface area contributed by atoms with Crippen molar-refractivity contribution in [1.29, 1.82) is 0 Å². The highest BCUT2D eigenvalue weighted by Crippen LogP contribution is 2.42. The molecule has 0 aromatic rings. The number of hydrogen-bond acceptors (Lipinski definition) is 2. The monoisotopic (exact) mass is 151 g/mol. The van der Waals surface area contributed by atoms with Crippen molar-refractivity contribution in [2.45, 2.75) is 19.0 Å². The maximum atomic E-state index is 10.8. The third kappa shape index (κ3) is 3.68. The third-order valence-corrected chi connectivity index (χ3v) is 3.30. The highest BCUT2D eigenvalue weighted by Gasteiger charge is 2.18. The van der Waals surface area contributed by atoms with E-state index in [0.29, 0.717) is 13.0 Å². The second kappa shape index (κ2) is 3.35. The normalized spacial score (nSPS) is 20.9. The van der Waals surface area contributed by atoms with Crippen molar-refractivity contribution in [3.63, 3.8) is 0 Å². The van der Waals surface area contributed by atoms with Crippen LogP contribution in [0.1, 0.15) is 13.3 Å². The van der Waals surface area contributed by atoms with E-state index in [2.05, 4.69) is 0 Å². The first kappa shape index (κ1) is 9.15. The summed E-state index contributed by atoms with van der Waals surface area (Å²) in [6, 6.07) is 0. The van der Waals surface area contributed by atoms with Crippen molar-refractivity contribution < 1.29 is 9.46 Å². The fourth-order valence-corrected chi connectivity index (χ4v) is 1.11. The quantitative estimate of drug-likeness (QED) is 0.581. The van der Waals surface area contributed by atoms with Gasteiger partial charge in [-0.25, -0.2) is 0 Å². The minimum absolute atomic E-state index is 0.150. The topological polar surface area (TPSA) is 63.3 Å². The lowest BCUT2D eigenvalue weighted by atomic mass is 10.3. The molecule has 0 aromatic heterocycles. The molecule has 9 heavy (non-hydrogen) atoms. The van der Waals surface area contributed by atoms with E-state index >= 15 is 0 Å². The summed E-state index contributed by atoms with van der Waals surface area (Å²) < 4.78 is 10.8. The molecule has 0 saturated carbocycles. The summed E-state index contributed by atoms with van der Waals surface area (Å²) in [6.07, 6.45) is 0.629. The summed E-state index contributed by atoms with van der Waals surface area (Å²) in [7, 11) is -2.85. The van der Waals surface area contributed by atoms with Crippen LogP contribution in [-0.2, 0) is 4.57 Å². The molecule has 0 saturated heterocycles. The molecule has 0 aliphatic heterocycles. The Bertz CT molecular complexity index is 120. The van der Waals surface area contributed by atoms with Crippen LogP contribution < -0.4 is 5.73 Å². The predicted molar refractivity (Wildman–Crippen MR) is 38.9 cm³/mol. The minimum atomic E-state index is -2.85. The molecule has 3 nitrogen and oxygen atoms in total. The summed E-state index contributed by atoms with van der Waals surface area (Å²) in [5.41, 5.74) is 5.04. The van der Waals surface area contributed by atoms with Crippen molar-refractivity contribution in [2.75, 3.05) is 13.2 Å². The van der Waals surface area contributed by atoms with Crippen LogP contribution in [0.25, 0.3) is 0 Å². The second-order valence-electron chi connectivity index (χ2n) is 2.37. The molecule has 0 rings (SSSR count). The van der Waals surface area contributed by atoms with Gasteiger partial charge in [-0.3, -0.25) is 4.57 Å². The Morgan fingerprint density at radius 2 is 2.22 bits per heavy atom. The standard InChI is InChI=1S/C5H14NO2P/c1-5(3-4-6)9(2,7)8/h5H,3-4,6H2,1-2H3,(H,7,8)/t5-/m0/s1. The lowest BCUT2D eigenvalue weighted by molar-refractivity contribution is 0.469. The van der Waals surface area contributed by atoms with Crippen LogP contribution in [0.5, 0.6) is 0 Å². The minimum Gasteiger partial charge on any atom is -0.344 e. The van der Waals surface area contributed by atoms with E-state index in [-0.39, 0.29) is 5.66 Å². The fraction of sp³-hybridized carbons (Fsp3) is 1.00. The third-order valence-electron chi connectivity index (χ3n) is 1.40. The molecule has 0 radical (unpaired) electrons. The van der Waals surface area contributed by atoms with Crippen molar-refractivity contribution >= 4 is 7.37 Å². The van der Waals surface area contributed by atoms with Gasteiger partial charge in [-0.15, -0.1) is 0 Å². The molecule has 1 unspecified atom stereocenters. The Labute approximate surface area is 55.7 Å². The van der Waals surface area contributed by atoms with Crippen LogP contribution >= 0.6 is 7.37 Å². The molecule has 0 aromatic carbocycles. The first-order valence-corrected chi connectivity index (χ1v) is 5.16. The molecule has 3 N–H and O–H groups in total. The van der Waals surface area contributed by atoms with Gasteiger partial charge in [-0.05, 0) is 13.0 Å². The molecule has 0 spiro atoms. The van der Waals surface area contributed by atoms with E-state index in [4.69, 9.17) is 10.6 Å². The molecule has 0 heterocycles. The van der Waals surface area contributed by atoms with E-state index in [9.17, 15) is 4.57 Å². The van der Waals surface area contributed by atoms with Gasteiger partial charge < -0.3 is 10.6 Å². The number of nitrogens with two attached hydrogens (primary N) is 1. The van der Waals surface area contributed by atoms with E-state index in [1.54, 1.807) is 6.92 Å². The summed E-state index contributed by atoms with van der Waals surface area (Å²) in [5, 5.41) is 0. The lowest BCUT2D eigenvalue weighted by Crippen LogP contribution is -2.10. The fourth-order valence-electron chi connectivity index (χ4n) is 0.481. The van der Waals surface area contributed by atoms with Gasteiger partial charge >= 0.3 is 0 Å². The van der Waals surface area contributed by atoms with Gasteiger partial charge in [0.15, 0.2) is 7.37 Å². The van der Waals surface area contributed by atoms with E-state index in [0.717, 1.165) is 0 Å². The van der Waals surface area contributed by atoms with Gasteiger partial charge in [0.2, 0.25) is 0 Å². The average molecular weight is 151 g/mol. The average Bonchev–Trinajstić information content (AvgIpc) is 1.64. The van der Waals surface area contributed by atoms with Gasteiger partial charge in [0.05, 0.1) is 0 Å². The van der Waals surface area contributed by atoms with Crippen LogP contribution in [0, 0.1) is 0 Å². The number of hydrogen-bond donors (Lipinski definition) is 2. The van der Waals surface area contributed by atoms with Crippen molar-refractivity contribution in [3.05, 3.63) is 0 Å². The molecule has 4 heteroatoms. The maximum Gasteiger partial charge on any atom is 0.200 e. The van der Waals surface area contributed by atoms with E-state index in [1.165, 1.54) is 6.66 Å². The predicted octanol–water partition coefficient (Wildman–Crippen LogP) is 0.624. The maximum absolute atomic E-state index is 10.8. The summed E-state index contributed by atoms with van der Waals surface area (Å²) in [5.74, 6) is 0.